The van der Waals surface area contributed by atoms with E-state index in [-0.39, 0.29) is 0 Å². The van der Waals surface area contributed by atoms with Crippen molar-refractivity contribution in [1.82, 2.24) is 0 Å². The molecule has 0 atom stereocenters. The number of rotatable bonds is 9. The maximum absolute atomic E-state index is 6.33. The summed E-state index contributed by atoms with van der Waals surface area (Å²) in [4.78, 5) is 0. The Morgan fingerprint density at radius 1 is 1.00 bits per heavy atom. The molecule has 0 heterocycles. The lowest BCUT2D eigenvalue weighted by atomic mass is 10.0. The minimum atomic E-state index is 0.368. The van der Waals surface area contributed by atoms with Crippen LogP contribution in [0.5, 0.6) is 17.2 Å². The maximum Gasteiger partial charge on any atom is 0.179 e. The molecule has 0 bridgehead atoms. The standard InChI is InChI=1S/C21H28ClNO3/c1-5-24-20-12-16(13-23)11-18(22)21(20)26-9-8-25-19-10-15(4)6-7-17(19)14(2)3/h6-7,10-12,14H,5,8-9,13,23H2,1-4H3. The van der Waals surface area contributed by atoms with Crippen LogP contribution in [0.25, 0.3) is 0 Å². The van der Waals surface area contributed by atoms with Crippen molar-refractivity contribution in [3.63, 3.8) is 0 Å². The lowest BCUT2D eigenvalue weighted by Gasteiger charge is -2.17. The molecule has 4 nitrogen and oxygen atoms in total. The zero-order valence-electron chi connectivity index (χ0n) is 16.0. The quantitative estimate of drug-likeness (QED) is 0.618. The summed E-state index contributed by atoms with van der Waals surface area (Å²) in [6.45, 7) is 9.99. The first kappa shape index (κ1) is 20.4. The normalized spacial score (nSPS) is 10.9. The summed E-state index contributed by atoms with van der Waals surface area (Å²) in [6.07, 6.45) is 0. The van der Waals surface area contributed by atoms with E-state index in [1.54, 1.807) is 6.07 Å². The Balaban J connectivity index is 2.03. The van der Waals surface area contributed by atoms with Crippen molar-refractivity contribution in [2.24, 2.45) is 5.73 Å². The van der Waals surface area contributed by atoms with Gasteiger partial charge in [0.25, 0.3) is 0 Å². The van der Waals surface area contributed by atoms with Crippen LogP contribution in [0, 0.1) is 6.92 Å². The van der Waals surface area contributed by atoms with Gasteiger partial charge < -0.3 is 19.9 Å². The Bertz CT molecular complexity index is 731. The topological polar surface area (TPSA) is 53.7 Å². The van der Waals surface area contributed by atoms with Gasteiger partial charge in [0.1, 0.15) is 19.0 Å². The Labute approximate surface area is 161 Å². The minimum Gasteiger partial charge on any atom is -0.490 e. The van der Waals surface area contributed by atoms with Gasteiger partial charge in [-0.15, -0.1) is 0 Å². The summed E-state index contributed by atoms with van der Waals surface area (Å²) >= 11 is 6.33. The number of benzene rings is 2. The van der Waals surface area contributed by atoms with Crippen molar-refractivity contribution in [3.05, 3.63) is 52.0 Å². The first-order chi connectivity index (χ1) is 12.5. The highest BCUT2D eigenvalue weighted by atomic mass is 35.5. The van der Waals surface area contributed by atoms with E-state index in [0.717, 1.165) is 11.3 Å². The van der Waals surface area contributed by atoms with Gasteiger partial charge in [-0.25, -0.2) is 0 Å². The van der Waals surface area contributed by atoms with E-state index in [0.29, 0.717) is 48.8 Å². The minimum absolute atomic E-state index is 0.368. The first-order valence-electron chi connectivity index (χ1n) is 8.97. The molecule has 0 saturated heterocycles. The predicted octanol–water partition coefficient (Wildman–Crippen LogP) is 5.09. The van der Waals surface area contributed by atoms with Crippen LogP contribution in [-0.4, -0.2) is 19.8 Å². The van der Waals surface area contributed by atoms with Gasteiger partial charge in [0, 0.05) is 6.54 Å². The summed E-state index contributed by atoms with van der Waals surface area (Å²) in [5.41, 5.74) is 8.96. The smallest absolute Gasteiger partial charge is 0.179 e. The summed E-state index contributed by atoms with van der Waals surface area (Å²) in [5.74, 6) is 2.44. The highest BCUT2D eigenvalue weighted by Crippen LogP contribution is 2.36. The fourth-order valence-electron chi connectivity index (χ4n) is 2.68. The van der Waals surface area contributed by atoms with E-state index in [9.17, 15) is 0 Å². The van der Waals surface area contributed by atoms with Crippen molar-refractivity contribution in [3.8, 4) is 17.2 Å². The van der Waals surface area contributed by atoms with Gasteiger partial charge in [0.2, 0.25) is 0 Å². The van der Waals surface area contributed by atoms with E-state index in [4.69, 9.17) is 31.5 Å². The largest absolute Gasteiger partial charge is 0.490 e. The average Bonchev–Trinajstić information content (AvgIpc) is 2.60. The lowest BCUT2D eigenvalue weighted by molar-refractivity contribution is 0.207. The Morgan fingerprint density at radius 3 is 2.38 bits per heavy atom. The fraction of sp³-hybridized carbons (Fsp3) is 0.429. The molecule has 0 fully saturated rings. The van der Waals surface area contributed by atoms with Crippen molar-refractivity contribution in [2.45, 2.75) is 40.2 Å². The molecule has 2 rings (SSSR count). The van der Waals surface area contributed by atoms with Gasteiger partial charge in [-0.1, -0.05) is 37.6 Å². The molecule has 0 spiro atoms. The van der Waals surface area contributed by atoms with Crippen molar-refractivity contribution in [2.75, 3.05) is 19.8 Å². The Kier molecular flexibility index (Phi) is 7.61. The molecule has 26 heavy (non-hydrogen) atoms. The van der Waals surface area contributed by atoms with Crippen LogP contribution >= 0.6 is 11.6 Å². The van der Waals surface area contributed by atoms with E-state index in [2.05, 4.69) is 39.0 Å². The summed E-state index contributed by atoms with van der Waals surface area (Å²) in [5, 5.41) is 0.495. The molecule has 5 heteroatoms. The molecule has 0 aliphatic rings. The first-order valence-corrected chi connectivity index (χ1v) is 9.35. The zero-order valence-corrected chi connectivity index (χ0v) is 16.7. The number of ether oxygens (including phenoxy) is 3. The molecule has 142 valence electrons. The van der Waals surface area contributed by atoms with Gasteiger partial charge in [0.05, 0.1) is 11.6 Å². The molecule has 2 aromatic carbocycles. The molecule has 0 aromatic heterocycles. The molecule has 0 aliphatic carbocycles. The van der Waals surface area contributed by atoms with Gasteiger partial charge in [-0.2, -0.15) is 0 Å². The number of hydrogen-bond acceptors (Lipinski definition) is 4. The second-order valence-corrected chi connectivity index (χ2v) is 6.84. The third-order valence-corrected chi connectivity index (χ3v) is 4.26. The average molecular weight is 378 g/mol. The summed E-state index contributed by atoms with van der Waals surface area (Å²) in [7, 11) is 0. The van der Waals surface area contributed by atoms with Crippen LogP contribution in [0.2, 0.25) is 5.02 Å². The van der Waals surface area contributed by atoms with Crippen molar-refractivity contribution in [1.29, 1.82) is 0 Å². The lowest BCUT2D eigenvalue weighted by Crippen LogP contribution is -2.12. The molecule has 0 unspecified atom stereocenters. The van der Waals surface area contributed by atoms with Gasteiger partial charge >= 0.3 is 0 Å². The third-order valence-electron chi connectivity index (χ3n) is 3.98. The number of nitrogens with two attached hydrogens (primary N) is 1. The summed E-state index contributed by atoms with van der Waals surface area (Å²) in [6, 6.07) is 9.95. The molecule has 2 aromatic rings. The molecular formula is C21H28ClNO3. The van der Waals surface area contributed by atoms with Crippen LogP contribution in [0.3, 0.4) is 0 Å². The zero-order chi connectivity index (χ0) is 19.1. The molecule has 0 aliphatic heterocycles. The van der Waals surface area contributed by atoms with Crippen LogP contribution in [-0.2, 0) is 6.54 Å². The van der Waals surface area contributed by atoms with Gasteiger partial charge in [0.15, 0.2) is 11.5 Å². The predicted molar refractivity (Wildman–Crippen MR) is 107 cm³/mol. The second-order valence-electron chi connectivity index (χ2n) is 6.43. The number of hydrogen-bond donors (Lipinski definition) is 1. The maximum atomic E-state index is 6.33. The van der Waals surface area contributed by atoms with E-state index in [1.165, 1.54) is 11.1 Å². The third kappa shape index (κ3) is 5.29. The van der Waals surface area contributed by atoms with Crippen molar-refractivity contribution >= 4 is 11.6 Å². The van der Waals surface area contributed by atoms with Crippen LogP contribution in [0.1, 0.15) is 43.4 Å². The fourth-order valence-corrected chi connectivity index (χ4v) is 2.97. The van der Waals surface area contributed by atoms with Crippen molar-refractivity contribution < 1.29 is 14.2 Å². The van der Waals surface area contributed by atoms with E-state index >= 15 is 0 Å². The van der Waals surface area contributed by atoms with Gasteiger partial charge in [-0.05, 0) is 54.7 Å². The van der Waals surface area contributed by atoms with E-state index < -0.39 is 0 Å². The molecule has 2 N–H and O–H groups in total. The second kappa shape index (κ2) is 9.70. The molecular weight excluding hydrogens is 350 g/mol. The summed E-state index contributed by atoms with van der Waals surface area (Å²) < 4.78 is 17.4. The molecule has 0 radical (unpaired) electrons. The highest BCUT2D eigenvalue weighted by Gasteiger charge is 2.13. The van der Waals surface area contributed by atoms with Crippen LogP contribution in [0.4, 0.5) is 0 Å². The highest BCUT2D eigenvalue weighted by molar-refractivity contribution is 6.32. The number of aryl methyl sites for hydroxylation is 1. The Morgan fingerprint density at radius 2 is 1.73 bits per heavy atom. The Hall–Kier alpha value is -1.91. The SMILES string of the molecule is CCOc1cc(CN)cc(Cl)c1OCCOc1cc(C)ccc1C(C)C. The van der Waals surface area contributed by atoms with Gasteiger partial charge in [-0.3, -0.25) is 0 Å². The van der Waals surface area contributed by atoms with E-state index in [1.807, 2.05) is 13.0 Å². The van der Waals surface area contributed by atoms with Crippen LogP contribution in [0.15, 0.2) is 30.3 Å². The monoisotopic (exact) mass is 377 g/mol. The molecule has 0 amide bonds. The van der Waals surface area contributed by atoms with Crippen LogP contribution < -0.4 is 19.9 Å². The number of halogens is 1. The molecule has 0 saturated carbocycles.